The Bertz CT molecular complexity index is 805. The van der Waals surface area contributed by atoms with E-state index in [1.54, 1.807) is 0 Å². The van der Waals surface area contributed by atoms with Gasteiger partial charge in [-0.05, 0) is 57.4 Å². The first-order chi connectivity index (χ1) is 12.3. The van der Waals surface area contributed by atoms with E-state index in [0.717, 1.165) is 33.5 Å². The number of benzene rings is 2. The van der Waals surface area contributed by atoms with E-state index in [1.807, 2.05) is 65.0 Å². The van der Waals surface area contributed by atoms with Crippen LogP contribution in [0.5, 0.6) is 5.75 Å². The molecule has 2 amide bonds. The van der Waals surface area contributed by atoms with Crippen molar-refractivity contribution < 1.29 is 14.3 Å². The summed E-state index contributed by atoms with van der Waals surface area (Å²) in [6.45, 7) is 9.63. The Kier molecular flexibility index (Phi) is 6.39. The highest BCUT2D eigenvalue weighted by atomic mass is 16.5. The van der Waals surface area contributed by atoms with Crippen LogP contribution in [0.2, 0.25) is 0 Å². The summed E-state index contributed by atoms with van der Waals surface area (Å²) in [7, 11) is 0. The minimum atomic E-state index is -0.336. The zero-order chi connectivity index (χ0) is 19.3. The van der Waals surface area contributed by atoms with Crippen molar-refractivity contribution in [1.29, 1.82) is 0 Å². The number of ether oxygens (including phenoxy) is 1. The Morgan fingerprint density at radius 2 is 1.46 bits per heavy atom. The van der Waals surface area contributed by atoms with Gasteiger partial charge in [0, 0.05) is 5.69 Å². The maximum absolute atomic E-state index is 12.1. The molecular formula is C21H26N2O3. The fourth-order valence-electron chi connectivity index (χ4n) is 2.90. The quantitative estimate of drug-likeness (QED) is 0.836. The number of nitrogens with one attached hydrogen (secondary N) is 2. The Labute approximate surface area is 154 Å². The summed E-state index contributed by atoms with van der Waals surface area (Å²) < 4.78 is 5.51. The highest BCUT2D eigenvalue weighted by Gasteiger charge is 2.10. The maximum atomic E-state index is 12.1. The van der Waals surface area contributed by atoms with Crippen LogP contribution in [0.15, 0.2) is 30.3 Å². The van der Waals surface area contributed by atoms with E-state index in [9.17, 15) is 9.59 Å². The number of hydrogen-bond donors (Lipinski definition) is 2. The first kappa shape index (κ1) is 19.5. The number of aryl methyl sites for hydroxylation is 5. The molecule has 2 aromatic carbocycles. The average molecular weight is 354 g/mol. The zero-order valence-electron chi connectivity index (χ0n) is 16.0. The molecule has 2 aromatic rings. The summed E-state index contributed by atoms with van der Waals surface area (Å²) in [6.07, 6.45) is 0. The van der Waals surface area contributed by atoms with Gasteiger partial charge in [-0.1, -0.05) is 35.4 Å². The van der Waals surface area contributed by atoms with Crippen LogP contribution in [-0.4, -0.2) is 25.0 Å². The van der Waals surface area contributed by atoms with Crippen LogP contribution in [0.1, 0.15) is 27.8 Å². The first-order valence-corrected chi connectivity index (χ1v) is 8.60. The lowest BCUT2D eigenvalue weighted by molar-refractivity contribution is -0.125. The van der Waals surface area contributed by atoms with E-state index < -0.39 is 0 Å². The standard InChI is InChI=1S/C21H26N2O3/c1-13-6-7-18(15(3)8-13)26-12-20(25)22-11-19(24)23-21-16(4)9-14(2)10-17(21)5/h6-10H,11-12H2,1-5H3,(H,22,25)(H,23,24). The molecule has 0 bridgehead atoms. The molecule has 0 aliphatic rings. The van der Waals surface area contributed by atoms with Crippen molar-refractivity contribution in [2.75, 3.05) is 18.5 Å². The zero-order valence-corrected chi connectivity index (χ0v) is 16.0. The van der Waals surface area contributed by atoms with Gasteiger partial charge in [-0.25, -0.2) is 0 Å². The minimum Gasteiger partial charge on any atom is -0.484 e. The van der Waals surface area contributed by atoms with Crippen LogP contribution in [0.3, 0.4) is 0 Å². The molecule has 0 aliphatic carbocycles. The molecule has 0 radical (unpaired) electrons. The summed E-state index contributed by atoms with van der Waals surface area (Å²) in [5.41, 5.74) is 6.05. The minimum absolute atomic E-state index is 0.0954. The van der Waals surface area contributed by atoms with Crippen molar-refractivity contribution in [3.63, 3.8) is 0 Å². The Morgan fingerprint density at radius 1 is 0.846 bits per heavy atom. The number of hydrogen-bond acceptors (Lipinski definition) is 3. The van der Waals surface area contributed by atoms with Crippen LogP contribution in [0.25, 0.3) is 0 Å². The highest BCUT2D eigenvalue weighted by molar-refractivity contribution is 5.95. The Morgan fingerprint density at radius 3 is 2.08 bits per heavy atom. The molecule has 0 atom stereocenters. The highest BCUT2D eigenvalue weighted by Crippen LogP contribution is 2.21. The van der Waals surface area contributed by atoms with Gasteiger partial charge < -0.3 is 15.4 Å². The largest absolute Gasteiger partial charge is 0.484 e. The van der Waals surface area contributed by atoms with Gasteiger partial charge >= 0.3 is 0 Å². The van der Waals surface area contributed by atoms with E-state index in [1.165, 1.54) is 0 Å². The second kappa shape index (κ2) is 8.52. The molecule has 5 heteroatoms. The summed E-state index contributed by atoms with van der Waals surface area (Å²) in [4.78, 5) is 24.0. The molecule has 26 heavy (non-hydrogen) atoms. The average Bonchev–Trinajstić information content (AvgIpc) is 2.55. The van der Waals surface area contributed by atoms with Crippen LogP contribution < -0.4 is 15.4 Å². The molecular weight excluding hydrogens is 328 g/mol. The number of carbonyl (C=O) groups excluding carboxylic acids is 2. The van der Waals surface area contributed by atoms with E-state index in [0.29, 0.717) is 5.75 Å². The van der Waals surface area contributed by atoms with Gasteiger partial charge in [0.1, 0.15) is 5.75 Å². The smallest absolute Gasteiger partial charge is 0.258 e. The van der Waals surface area contributed by atoms with Crippen LogP contribution in [0, 0.1) is 34.6 Å². The molecule has 0 spiro atoms. The van der Waals surface area contributed by atoms with Crippen LogP contribution >= 0.6 is 0 Å². The molecule has 0 saturated heterocycles. The second-order valence-corrected chi connectivity index (χ2v) is 6.66. The maximum Gasteiger partial charge on any atom is 0.258 e. The van der Waals surface area contributed by atoms with Crippen molar-refractivity contribution in [2.45, 2.75) is 34.6 Å². The molecule has 138 valence electrons. The molecule has 5 nitrogen and oxygen atoms in total. The molecule has 0 aliphatic heterocycles. The molecule has 0 saturated carbocycles. The Hall–Kier alpha value is -2.82. The van der Waals surface area contributed by atoms with Gasteiger partial charge in [-0.15, -0.1) is 0 Å². The number of carbonyl (C=O) groups is 2. The third-order valence-electron chi connectivity index (χ3n) is 4.08. The van der Waals surface area contributed by atoms with Gasteiger partial charge in [0.25, 0.3) is 5.91 Å². The predicted octanol–water partition coefficient (Wildman–Crippen LogP) is 3.36. The van der Waals surface area contributed by atoms with Crippen molar-refractivity contribution in [3.05, 3.63) is 58.1 Å². The molecule has 0 heterocycles. The lowest BCUT2D eigenvalue weighted by Gasteiger charge is -2.13. The number of anilines is 1. The predicted molar refractivity (Wildman–Crippen MR) is 104 cm³/mol. The topological polar surface area (TPSA) is 67.4 Å². The fourth-order valence-corrected chi connectivity index (χ4v) is 2.90. The van der Waals surface area contributed by atoms with Crippen molar-refractivity contribution in [3.8, 4) is 5.75 Å². The normalized spacial score (nSPS) is 10.3. The van der Waals surface area contributed by atoms with E-state index in [2.05, 4.69) is 10.6 Å². The van der Waals surface area contributed by atoms with Crippen molar-refractivity contribution in [2.24, 2.45) is 0 Å². The molecule has 2 rings (SSSR count). The molecule has 0 fully saturated rings. The third kappa shape index (κ3) is 5.34. The lowest BCUT2D eigenvalue weighted by Crippen LogP contribution is -2.36. The third-order valence-corrected chi connectivity index (χ3v) is 4.08. The summed E-state index contributed by atoms with van der Waals surface area (Å²) in [6, 6.07) is 9.79. The summed E-state index contributed by atoms with van der Waals surface area (Å²) in [5, 5.41) is 5.43. The van der Waals surface area contributed by atoms with Gasteiger partial charge in [-0.3, -0.25) is 9.59 Å². The fraction of sp³-hybridized carbons (Fsp3) is 0.333. The van der Waals surface area contributed by atoms with Crippen LogP contribution in [-0.2, 0) is 9.59 Å². The van der Waals surface area contributed by atoms with Gasteiger partial charge in [-0.2, -0.15) is 0 Å². The second-order valence-electron chi connectivity index (χ2n) is 6.66. The molecule has 0 unspecified atom stereocenters. The van der Waals surface area contributed by atoms with E-state index >= 15 is 0 Å². The first-order valence-electron chi connectivity index (χ1n) is 8.60. The van der Waals surface area contributed by atoms with Crippen LogP contribution in [0.4, 0.5) is 5.69 Å². The molecule has 0 aromatic heterocycles. The summed E-state index contributed by atoms with van der Waals surface area (Å²) >= 11 is 0. The monoisotopic (exact) mass is 354 g/mol. The SMILES string of the molecule is Cc1ccc(OCC(=O)NCC(=O)Nc2c(C)cc(C)cc2C)c(C)c1. The summed E-state index contributed by atoms with van der Waals surface area (Å²) in [5.74, 6) is 0.0681. The number of amides is 2. The van der Waals surface area contributed by atoms with Gasteiger partial charge in [0.05, 0.1) is 6.54 Å². The van der Waals surface area contributed by atoms with Gasteiger partial charge in [0.2, 0.25) is 5.91 Å². The van der Waals surface area contributed by atoms with E-state index in [4.69, 9.17) is 4.74 Å². The van der Waals surface area contributed by atoms with Crippen molar-refractivity contribution >= 4 is 17.5 Å². The molecule has 2 N–H and O–H groups in total. The Balaban J connectivity index is 1.83. The van der Waals surface area contributed by atoms with Gasteiger partial charge in [0.15, 0.2) is 6.61 Å². The van der Waals surface area contributed by atoms with E-state index in [-0.39, 0.29) is 25.0 Å². The van der Waals surface area contributed by atoms with Crippen molar-refractivity contribution in [1.82, 2.24) is 5.32 Å². The number of rotatable bonds is 6. The lowest BCUT2D eigenvalue weighted by atomic mass is 10.1.